The summed E-state index contributed by atoms with van der Waals surface area (Å²) in [6.07, 6.45) is 3.29. The van der Waals surface area contributed by atoms with Crippen LogP contribution in [-0.4, -0.2) is 40.8 Å². The van der Waals surface area contributed by atoms with Crippen LogP contribution in [0.3, 0.4) is 0 Å². The van der Waals surface area contributed by atoms with Crippen molar-refractivity contribution in [1.29, 1.82) is 0 Å². The molecular weight excluding hydrogens is 356 g/mol. The van der Waals surface area contributed by atoms with Crippen LogP contribution in [0.2, 0.25) is 0 Å². The first-order chi connectivity index (χ1) is 11.8. The first-order valence-corrected chi connectivity index (χ1v) is 10.6. The van der Waals surface area contributed by atoms with Gasteiger partial charge in [-0.05, 0) is 57.2 Å². The van der Waals surface area contributed by atoms with Gasteiger partial charge in [0.2, 0.25) is 10.0 Å². The second-order valence-corrected chi connectivity index (χ2v) is 10.1. The molecule has 1 aliphatic rings. The van der Waals surface area contributed by atoms with Crippen LogP contribution in [-0.2, 0) is 10.0 Å². The molecule has 0 aliphatic carbocycles. The van der Waals surface area contributed by atoms with Gasteiger partial charge < -0.3 is 4.74 Å². The first kappa shape index (κ1) is 18.2. The molecule has 2 heterocycles. The maximum Gasteiger partial charge on any atom is 0.243 e. The van der Waals surface area contributed by atoms with Crippen molar-refractivity contribution in [3.8, 4) is 11.5 Å². The number of pyridine rings is 1. The van der Waals surface area contributed by atoms with Crippen LogP contribution in [0.1, 0.15) is 20.8 Å². The van der Waals surface area contributed by atoms with Crippen LogP contribution in [0.25, 0.3) is 0 Å². The molecule has 1 aromatic heterocycles. The predicted octanol–water partition coefficient (Wildman–Crippen LogP) is 3.78. The van der Waals surface area contributed by atoms with E-state index in [-0.39, 0.29) is 10.8 Å². The molecule has 0 unspecified atom stereocenters. The highest BCUT2D eigenvalue weighted by Gasteiger charge is 2.41. The summed E-state index contributed by atoms with van der Waals surface area (Å²) in [6.45, 7) is 6.70. The smallest absolute Gasteiger partial charge is 0.243 e. The monoisotopic (exact) mass is 378 g/mol. The van der Waals surface area contributed by atoms with Crippen molar-refractivity contribution < 1.29 is 13.2 Å². The summed E-state index contributed by atoms with van der Waals surface area (Å²) >= 11 is 1.82. The lowest BCUT2D eigenvalue weighted by molar-refractivity contribution is 0.296. The third kappa shape index (κ3) is 3.83. The Morgan fingerprint density at radius 3 is 2.36 bits per heavy atom. The summed E-state index contributed by atoms with van der Waals surface area (Å²) in [5.74, 6) is 2.06. The molecule has 1 aromatic carbocycles. The number of rotatable bonds is 4. The van der Waals surface area contributed by atoms with E-state index in [2.05, 4.69) is 18.8 Å². The van der Waals surface area contributed by atoms with Crippen LogP contribution in [0, 0.1) is 0 Å². The Balaban J connectivity index is 1.81. The zero-order valence-corrected chi connectivity index (χ0v) is 16.2. The minimum atomic E-state index is -3.52. The molecule has 0 saturated carbocycles. The van der Waals surface area contributed by atoms with Gasteiger partial charge in [0, 0.05) is 35.5 Å². The number of sulfonamides is 1. The molecule has 7 heteroatoms. The van der Waals surface area contributed by atoms with E-state index in [1.807, 2.05) is 18.7 Å². The summed E-state index contributed by atoms with van der Waals surface area (Å²) in [4.78, 5) is 4.23. The highest BCUT2D eigenvalue weighted by molar-refractivity contribution is 8.00. The second-order valence-electron chi connectivity index (χ2n) is 6.50. The lowest BCUT2D eigenvalue weighted by Gasteiger charge is -2.43. The third-order valence-electron chi connectivity index (χ3n) is 4.54. The Kier molecular flexibility index (Phi) is 5.09. The maximum absolute atomic E-state index is 13.0. The van der Waals surface area contributed by atoms with Crippen LogP contribution in [0.15, 0.2) is 53.7 Å². The molecule has 0 amide bonds. The number of ether oxygens (including phenoxy) is 1. The van der Waals surface area contributed by atoms with E-state index in [1.165, 1.54) is 0 Å². The third-order valence-corrected chi connectivity index (χ3v) is 8.00. The minimum absolute atomic E-state index is 0.0657. The van der Waals surface area contributed by atoms with Crippen LogP contribution >= 0.6 is 11.8 Å². The van der Waals surface area contributed by atoms with Crippen molar-refractivity contribution in [3.63, 3.8) is 0 Å². The van der Waals surface area contributed by atoms with E-state index in [0.29, 0.717) is 22.9 Å². The topological polar surface area (TPSA) is 59.5 Å². The highest BCUT2D eigenvalue weighted by atomic mass is 32.2. The molecule has 3 rings (SSSR count). The molecule has 1 fully saturated rings. The van der Waals surface area contributed by atoms with Gasteiger partial charge >= 0.3 is 0 Å². The molecule has 1 aliphatic heterocycles. The lowest BCUT2D eigenvalue weighted by Crippen LogP contribution is -2.53. The molecule has 0 bridgehead atoms. The molecule has 5 nitrogen and oxygen atoms in total. The SMILES string of the molecule is C[C@@H]1N(S(=O)(=O)c2ccc(Oc3ccncc3)cc2)CCSC1(C)C. The molecule has 1 atom stereocenters. The zero-order valence-electron chi connectivity index (χ0n) is 14.5. The van der Waals surface area contributed by atoms with Crippen LogP contribution in [0.4, 0.5) is 0 Å². The molecule has 134 valence electrons. The summed E-state index contributed by atoms with van der Waals surface area (Å²) in [7, 11) is -3.52. The molecule has 0 radical (unpaired) electrons. The van der Waals surface area contributed by atoms with Gasteiger partial charge in [-0.2, -0.15) is 16.1 Å². The Morgan fingerprint density at radius 2 is 1.72 bits per heavy atom. The predicted molar refractivity (Wildman–Crippen MR) is 101 cm³/mol. The van der Waals surface area contributed by atoms with Crippen molar-refractivity contribution in [3.05, 3.63) is 48.8 Å². The standard InChI is InChI=1S/C18H22N2O3S2/c1-14-18(2,3)24-13-12-20(14)25(21,22)17-6-4-15(5-7-17)23-16-8-10-19-11-9-16/h4-11,14H,12-13H2,1-3H3/t14-/m0/s1. The summed E-state index contributed by atoms with van der Waals surface area (Å²) < 4.78 is 33.3. The average molecular weight is 379 g/mol. The quantitative estimate of drug-likeness (QED) is 0.810. The van der Waals surface area contributed by atoms with Gasteiger partial charge in [0.05, 0.1) is 4.90 Å². The van der Waals surface area contributed by atoms with Gasteiger partial charge in [-0.25, -0.2) is 8.42 Å². The molecule has 25 heavy (non-hydrogen) atoms. The Labute approximate surface area is 153 Å². The summed E-state index contributed by atoms with van der Waals surface area (Å²) in [5, 5.41) is 0. The van der Waals surface area contributed by atoms with E-state index >= 15 is 0 Å². The molecule has 0 spiro atoms. The van der Waals surface area contributed by atoms with Gasteiger partial charge in [0.15, 0.2) is 0 Å². The van der Waals surface area contributed by atoms with Crippen molar-refractivity contribution in [2.24, 2.45) is 0 Å². The first-order valence-electron chi connectivity index (χ1n) is 8.14. The van der Waals surface area contributed by atoms with Gasteiger partial charge in [-0.15, -0.1) is 0 Å². The van der Waals surface area contributed by atoms with Crippen LogP contribution in [0.5, 0.6) is 11.5 Å². The van der Waals surface area contributed by atoms with Crippen molar-refractivity contribution in [1.82, 2.24) is 9.29 Å². The fourth-order valence-corrected chi connectivity index (χ4v) is 5.87. The molecule has 1 saturated heterocycles. The van der Waals surface area contributed by atoms with E-state index in [1.54, 1.807) is 53.1 Å². The minimum Gasteiger partial charge on any atom is -0.457 e. The summed E-state index contributed by atoms with van der Waals surface area (Å²) in [5.41, 5.74) is 0. The fraction of sp³-hybridized carbons (Fsp3) is 0.389. The van der Waals surface area contributed by atoms with Gasteiger partial charge in [-0.3, -0.25) is 4.98 Å². The molecule has 2 aromatic rings. The fourth-order valence-electron chi connectivity index (χ4n) is 2.75. The lowest BCUT2D eigenvalue weighted by atomic mass is 10.1. The molecular formula is C18H22N2O3S2. The number of nitrogens with zero attached hydrogens (tertiary/aromatic N) is 2. The number of thioether (sulfide) groups is 1. The second kappa shape index (κ2) is 6.97. The Morgan fingerprint density at radius 1 is 1.12 bits per heavy atom. The van der Waals surface area contributed by atoms with E-state index in [4.69, 9.17) is 4.74 Å². The largest absolute Gasteiger partial charge is 0.457 e. The maximum atomic E-state index is 13.0. The zero-order chi connectivity index (χ0) is 18.1. The van der Waals surface area contributed by atoms with E-state index < -0.39 is 10.0 Å². The average Bonchev–Trinajstić information content (AvgIpc) is 2.58. The number of aromatic nitrogens is 1. The summed E-state index contributed by atoms with van der Waals surface area (Å²) in [6, 6.07) is 10.0. The normalized spacial score (nSPS) is 21.0. The Bertz CT molecular complexity index is 821. The van der Waals surface area contributed by atoms with Crippen molar-refractivity contribution in [2.75, 3.05) is 12.3 Å². The Hall–Kier alpha value is -1.57. The van der Waals surface area contributed by atoms with Crippen molar-refractivity contribution in [2.45, 2.75) is 36.5 Å². The molecule has 0 N–H and O–H groups in total. The van der Waals surface area contributed by atoms with Gasteiger partial charge in [0.25, 0.3) is 0 Å². The van der Waals surface area contributed by atoms with E-state index in [9.17, 15) is 8.42 Å². The van der Waals surface area contributed by atoms with Crippen molar-refractivity contribution >= 4 is 21.8 Å². The highest BCUT2D eigenvalue weighted by Crippen LogP contribution is 2.38. The van der Waals surface area contributed by atoms with Crippen LogP contribution < -0.4 is 4.74 Å². The van der Waals surface area contributed by atoms with Gasteiger partial charge in [-0.1, -0.05) is 0 Å². The van der Waals surface area contributed by atoms with E-state index in [0.717, 1.165) is 5.75 Å². The van der Waals surface area contributed by atoms with Gasteiger partial charge in [0.1, 0.15) is 11.5 Å². The number of hydrogen-bond acceptors (Lipinski definition) is 5. The number of hydrogen-bond donors (Lipinski definition) is 0. The number of benzene rings is 1.